The van der Waals surface area contributed by atoms with E-state index in [9.17, 15) is 4.79 Å². The normalized spacial score (nSPS) is 12.1. The second kappa shape index (κ2) is 5.21. The number of nitrogens with two attached hydrogens (primary N) is 1. The van der Waals surface area contributed by atoms with Gasteiger partial charge in [0, 0.05) is 13.0 Å². The molecule has 1 atom stereocenters. The van der Waals surface area contributed by atoms with Gasteiger partial charge in [0.2, 0.25) is 5.24 Å². The number of rotatable bonds is 4. The van der Waals surface area contributed by atoms with E-state index in [1.807, 2.05) is 6.07 Å². The molecule has 0 amide bonds. The average molecular weight is 161 g/mol. The van der Waals surface area contributed by atoms with Gasteiger partial charge < -0.3 is 5.73 Å². The van der Waals surface area contributed by atoms with Crippen molar-refractivity contribution in [3.8, 4) is 6.07 Å². The number of hydrogen-bond acceptors (Lipinski definition) is 3. The molecule has 0 aromatic heterocycles. The van der Waals surface area contributed by atoms with Gasteiger partial charge in [-0.3, -0.25) is 4.79 Å². The van der Waals surface area contributed by atoms with Crippen LogP contribution in [-0.2, 0) is 4.79 Å². The quantitative estimate of drug-likeness (QED) is 0.614. The van der Waals surface area contributed by atoms with Crippen LogP contribution in [0.4, 0.5) is 0 Å². The lowest BCUT2D eigenvalue weighted by Crippen LogP contribution is -2.12. The minimum atomic E-state index is -0.409. The standard InChI is InChI=1S/C6H9ClN2O/c7-6(10)2-1-5(3-8)4-9/h5H,1-3,8H2. The second-order valence-corrected chi connectivity index (χ2v) is 2.38. The summed E-state index contributed by atoms with van der Waals surface area (Å²) >= 11 is 5.05. The molecule has 1 unspecified atom stereocenters. The van der Waals surface area contributed by atoms with Crippen molar-refractivity contribution < 1.29 is 4.79 Å². The molecule has 0 aliphatic carbocycles. The van der Waals surface area contributed by atoms with Gasteiger partial charge >= 0.3 is 0 Å². The van der Waals surface area contributed by atoms with Crippen LogP contribution in [0.15, 0.2) is 0 Å². The molecule has 0 bridgehead atoms. The number of carbonyl (C=O) groups excluding carboxylic acids is 1. The van der Waals surface area contributed by atoms with Gasteiger partial charge in [0.05, 0.1) is 12.0 Å². The zero-order valence-corrected chi connectivity index (χ0v) is 6.27. The molecule has 0 saturated heterocycles. The van der Waals surface area contributed by atoms with Crippen molar-refractivity contribution >= 4 is 16.8 Å². The predicted octanol–water partition coefficient (Wildman–Crippen LogP) is 0.630. The van der Waals surface area contributed by atoms with E-state index < -0.39 is 5.24 Å². The van der Waals surface area contributed by atoms with E-state index in [2.05, 4.69) is 0 Å². The lowest BCUT2D eigenvalue weighted by molar-refractivity contribution is -0.111. The van der Waals surface area contributed by atoms with Crippen LogP contribution in [0.25, 0.3) is 0 Å². The lowest BCUT2D eigenvalue weighted by atomic mass is 10.1. The van der Waals surface area contributed by atoms with Crippen LogP contribution in [-0.4, -0.2) is 11.8 Å². The Morgan fingerprint density at radius 2 is 2.40 bits per heavy atom. The highest BCUT2D eigenvalue weighted by Gasteiger charge is 2.05. The zero-order valence-electron chi connectivity index (χ0n) is 5.51. The van der Waals surface area contributed by atoms with Crippen molar-refractivity contribution in [2.24, 2.45) is 11.7 Å². The Morgan fingerprint density at radius 1 is 1.80 bits per heavy atom. The molecule has 0 aliphatic heterocycles. The van der Waals surface area contributed by atoms with E-state index in [1.54, 1.807) is 0 Å². The number of carbonyl (C=O) groups is 1. The molecule has 10 heavy (non-hydrogen) atoms. The molecule has 3 nitrogen and oxygen atoms in total. The fraction of sp³-hybridized carbons (Fsp3) is 0.667. The van der Waals surface area contributed by atoms with Crippen molar-refractivity contribution in [3.05, 3.63) is 0 Å². The fourth-order valence-electron chi connectivity index (χ4n) is 0.523. The summed E-state index contributed by atoms with van der Waals surface area (Å²) in [5.74, 6) is -0.234. The van der Waals surface area contributed by atoms with Crippen LogP contribution in [0.2, 0.25) is 0 Å². The first-order valence-corrected chi connectivity index (χ1v) is 3.36. The van der Waals surface area contributed by atoms with Crippen molar-refractivity contribution in [2.45, 2.75) is 12.8 Å². The van der Waals surface area contributed by atoms with E-state index in [0.29, 0.717) is 13.0 Å². The smallest absolute Gasteiger partial charge is 0.221 e. The molecule has 0 aromatic rings. The largest absolute Gasteiger partial charge is 0.329 e. The fourth-order valence-corrected chi connectivity index (χ4v) is 0.632. The van der Waals surface area contributed by atoms with Crippen LogP contribution in [0.1, 0.15) is 12.8 Å². The molecular weight excluding hydrogens is 152 g/mol. The summed E-state index contributed by atoms with van der Waals surface area (Å²) in [5.41, 5.74) is 5.19. The van der Waals surface area contributed by atoms with Crippen molar-refractivity contribution in [3.63, 3.8) is 0 Å². The molecule has 0 aliphatic rings. The molecule has 0 heterocycles. The molecule has 0 spiro atoms. The third kappa shape index (κ3) is 4.30. The molecule has 56 valence electrons. The summed E-state index contributed by atoms with van der Waals surface area (Å²) in [7, 11) is 0. The Balaban J connectivity index is 3.47. The van der Waals surface area contributed by atoms with Crippen LogP contribution >= 0.6 is 11.6 Å². The van der Waals surface area contributed by atoms with E-state index in [0.717, 1.165) is 0 Å². The van der Waals surface area contributed by atoms with Gasteiger partial charge in [-0.2, -0.15) is 5.26 Å². The first kappa shape index (κ1) is 9.41. The topological polar surface area (TPSA) is 66.9 Å². The SMILES string of the molecule is N#CC(CN)CCC(=O)Cl. The minimum Gasteiger partial charge on any atom is -0.329 e. The summed E-state index contributed by atoms with van der Waals surface area (Å²) < 4.78 is 0. The maximum atomic E-state index is 10.2. The van der Waals surface area contributed by atoms with E-state index in [4.69, 9.17) is 22.6 Å². The first-order valence-electron chi connectivity index (χ1n) is 2.98. The average Bonchev–Trinajstić information content (AvgIpc) is 1.90. The van der Waals surface area contributed by atoms with Gasteiger partial charge in [0.25, 0.3) is 0 Å². The zero-order chi connectivity index (χ0) is 7.98. The maximum Gasteiger partial charge on any atom is 0.221 e. The summed E-state index contributed by atoms with van der Waals surface area (Å²) in [6.07, 6.45) is 0.701. The van der Waals surface area contributed by atoms with Crippen LogP contribution in [0, 0.1) is 17.2 Å². The van der Waals surface area contributed by atoms with Gasteiger partial charge in [-0.25, -0.2) is 0 Å². The van der Waals surface area contributed by atoms with Crippen LogP contribution in [0.5, 0.6) is 0 Å². The van der Waals surface area contributed by atoms with E-state index >= 15 is 0 Å². The third-order valence-corrected chi connectivity index (χ3v) is 1.35. The Bertz CT molecular complexity index is 152. The van der Waals surface area contributed by atoms with Crippen LogP contribution in [0.3, 0.4) is 0 Å². The molecule has 0 rings (SSSR count). The highest BCUT2D eigenvalue weighted by atomic mass is 35.5. The Labute approximate surface area is 64.8 Å². The number of nitrogens with zero attached hydrogens (tertiary/aromatic N) is 1. The highest BCUT2D eigenvalue weighted by molar-refractivity contribution is 6.63. The molecule has 0 aromatic carbocycles. The van der Waals surface area contributed by atoms with Crippen molar-refractivity contribution in [1.82, 2.24) is 0 Å². The van der Waals surface area contributed by atoms with Gasteiger partial charge in [-0.05, 0) is 18.0 Å². The summed E-state index contributed by atoms with van der Waals surface area (Å²) in [6.45, 7) is 0.292. The molecule has 0 fully saturated rings. The number of nitriles is 1. The van der Waals surface area contributed by atoms with Crippen molar-refractivity contribution in [2.75, 3.05) is 6.54 Å². The minimum absolute atomic E-state index is 0.233. The predicted molar refractivity (Wildman–Crippen MR) is 38.3 cm³/mol. The lowest BCUT2D eigenvalue weighted by Gasteiger charge is -2.00. The monoisotopic (exact) mass is 160 g/mol. The summed E-state index contributed by atoms with van der Waals surface area (Å²) in [4.78, 5) is 10.2. The third-order valence-electron chi connectivity index (χ3n) is 1.16. The van der Waals surface area contributed by atoms with Crippen molar-refractivity contribution in [1.29, 1.82) is 5.26 Å². The van der Waals surface area contributed by atoms with E-state index in [1.165, 1.54) is 0 Å². The molecule has 2 N–H and O–H groups in total. The van der Waals surface area contributed by atoms with Gasteiger partial charge in [0.1, 0.15) is 0 Å². The number of hydrogen-bond donors (Lipinski definition) is 1. The number of halogens is 1. The molecule has 4 heteroatoms. The van der Waals surface area contributed by atoms with Gasteiger partial charge in [-0.15, -0.1) is 0 Å². The van der Waals surface area contributed by atoms with Crippen LogP contribution < -0.4 is 5.73 Å². The maximum absolute atomic E-state index is 10.2. The summed E-state index contributed by atoms with van der Waals surface area (Å²) in [6, 6.07) is 1.97. The molecule has 0 saturated carbocycles. The van der Waals surface area contributed by atoms with Gasteiger partial charge in [0.15, 0.2) is 0 Å². The van der Waals surface area contributed by atoms with Gasteiger partial charge in [-0.1, -0.05) is 0 Å². The Kier molecular flexibility index (Phi) is 4.91. The summed E-state index contributed by atoms with van der Waals surface area (Å²) in [5, 5.41) is 7.95. The molecular formula is C6H9ClN2O. The highest BCUT2D eigenvalue weighted by Crippen LogP contribution is 2.04. The second-order valence-electron chi connectivity index (χ2n) is 1.96. The molecule has 0 radical (unpaired) electrons. The van der Waals surface area contributed by atoms with E-state index in [-0.39, 0.29) is 12.3 Å². The Hall–Kier alpha value is -0.590. The Morgan fingerprint density at radius 3 is 2.70 bits per heavy atom. The first-order chi connectivity index (χ1) is 4.70.